The van der Waals surface area contributed by atoms with E-state index >= 15 is 0 Å². The SMILES string of the molecule is Cc1ccc(S(=O)(=O)n2c(C(=O)CC#N)cc3cc(Cc4ccccc4)ccc32)cc1. The molecule has 0 aliphatic carbocycles. The minimum Gasteiger partial charge on any atom is -0.291 e. The fourth-order valence-electron chi connectivity index (χ4n) is 3.61. The van der Waals surface area contributed by atoms with Crippen LogP contribution in [0.2, 0.25) is 0 Å². The Morgan fingerprint density at radius 2 is 1.65 bits per heavy atom. The number of Topliss-reactive ketones (excluding diaryl/α,β-unsaturated/α-hetero) is 1. The molecule has 1 aromatic heterocycles. The van der Waals surface area contributed by atoms with Gasteiger partial charge in [0.05, 0.1) is 16.5 Å². The monoisotopic (exact) mass is 428 g/mol. The number of aryl methyl sites for hydroxylation is 1. The van der Waals surface area contributed by atoms with Gasteiger partial charge in [-0.3, -0.25) is 4.79 Å². The summed E-state index contributed by atoms with van der Waals surface area (Å²) in [6.07, 6.45) is 0.296. The number of fused-ring (bicyclic) bond motifs is 1. The molecule has 4 rings (SSSR count). The summed E-state index contributed by atoms with van der Waals surface area (Å²) in [5.41, 5.74) is 3.48. The molecular weight excluding hydrogens is 408 g/mol. The molecule has 0 atom stereocenters. The summed E-state index contributed by atoms with van der Waals surface area (Å²) < 4.78 is 28.0. The Morgan fingerprint density at radius 3 is 2.32 bits per heavy atom. The fraction of sp³-hybridized carbons (Fsp3) is 0.120. The summed E-state index contributed by atoms with van der Waals surface area (Å²) in [4.78, 5) is 12.7. The molecule has 0 bridgehead atoms. The molecule has 0 aliphatic heterocycles. The van der Waals surface area contributed by atoms with Crippen molar-refractivity contribution in [3.63, 3.8) is 0 Å². The van der Waals surface area contributed by atoms with Crippen LogP contribution in [0.15, 0.2) is 83.8 Å². The Labute approximate surface area is 181 Å². The van der Waals surface area contributed by atoms with E-state index in [0.29, 0.717) is 17.3 Å². The second kappa shape index (κ2) is 8.21. The largest absolute Gasteiger partial charge is 0.291 e. The number of carbonyl (C=O) groups is 1. The Morgan fingerprint density at radius 1 is 0.935 bits per heavy atom. The Kier molecular flexibility index (Phi) is 5.45. The van der Waals surface area contributed by atoms with Crippen LogP contribution >= 0.6 is 0 Å². The van der Waals surface area contributed by atoms with E-state index in [0.717, 1.165) is 20.7 Å². The van der Waals surface area contributed by atoms with Gasteiger partial charge in [-0.15, -0.1) is 0 Å². The minimum absolute atomic E-state index is 0.00557. The van der Waals surface area contributed by atoms with Crippen LogP contribution in [0.4, 0.5) is 0 Å². The molecule has 0 spiro atoms. The summed E-state index contributed by atoms with van der Waals surface area (Å²) in [6, 6.07) is 25.3. The van der Waals surface area contributed by atoms with Crippen molar-refractivity contribution in [2.45, 2.75) is 24.7 Å². The lowest BCUT2D eigenvalue weighted by atomic mass is 10.0. The van der Waals surface area contributed by atoms with Crippen molar-refractivity contribution in [2.24, 2.45) is 0 Å². The number of ketones is 1. The highest BCUT2D eigenvalue weighted by Crippen LogP contribution is 2.28. The van der Waals surface area contributed by atoms with E-state index in [2.05, 4.69) is 0 Å². The lowest BCUT2D eigenvalue weighted by Gasteiger charge is -2.11. The number of hydrogen-bond donors (Lipinski definition) is 0. The third-order valence-corrected chi connectivity index (χ3v) is 6.90. The topological polar surface area (TPSA) is 79.9 Å². The highest BCUT2D eigenvalue weighted by Gasteiger charge is 2.26. The molecule has 0 saturated carbocycles. The van der Waals surface area contributed by atoms with Crippen molar-refractivity contribution in [2.75, 3.05) is 0 Å². The van der Waals surface area contributed by atoms with Gasteiger partial charge in [0.1, 0.15) is 12.1 Å². The number of carbonyl (C=O) groups excluding carboxylic acids is 1. The van der Waals surface area contributed by atoms with Crippen molar-refractivity contribution >= 4 is 26.7 Å². The van der Waals surface area contributed by atoms with Gasteiger partial charge in [-0.1, -0.05) is 54.1 Å². The van der Waals surface area contributed by atoms with Crippen molar-refractivity contribution in [1.82, 2.24) is 3.97 Å². The zero-order valence-electron chi connectivity index (χ0n) is 16.9. The number of aromatic nitrogens is 1. The standard InChI is InChI=1S/C25H20N2O3S/c1-18-7-10-22(11-8-18)31(29,30)27-23-12-9-20(15-19-5-3-2-4-6-19)16-21(23)17-24(27)25(28)13-14-26/h2-12,16-17H,13,15H2,1H3. The number of nitrogens with zero attached hydrogens (tertiary/aromatic N) is 2. The predicted molar refractivity (Wildman–Crippen MR) is 120 cm³/mol. The molecule has 3 aromatic carbocycles. The number of hydrogen-bond acceptors (Lipinski definition) is 4. The van der Waals surface area contributed by atoms with Crippen LogP contribution in [-0.4, -0.2) is 18.2 Å². The Balaban J connectivity index is 1.88. The molecule has 154 valence electrons. The summed E-state index contributed by atoms with van der Waals surface area (Å²) in [7, 11) is -4.02. The van der Waals surface area contributed by atoms with Crippen LogP contribution in [0, 0.1) is 18.3 Å². The van der Waals surface area contributed by atoms with Crippen molar-refractivity contribution in [1.29, 1.82) is 5.26 Å². The molecule has 0 radical (unpaired) electrons. The van der Waals surface area contributed by atoms with Gasteiger partial charge in [-0.2, -0.15) is 5.26 Å². The van der Waals surface area contributed by atoms with Crippen molar-refractivity contribution in [3.05, 3.63) is 101 Å². The van der Waals surface area contributed by atoms with Gasteiger partial charge in [-0.25, -0.2) is 12.4 Å². The Bertz CT molecular complexity index is 1410. The van der Waals surface area contributed by atoms with E-state index in [1.165, 1.54) is 12.1 Å². The highest BCUT2D eigenvalue weighted by molar-refractivity contribution is 7.90. The first-order valence-electron chi connectivity index (χ1n) is 9.81. The van der Waals surface area contributed by atoms with Crippen LogP contribution in [0.3, 0.4) is 0 Å². The molecule has 0 N–H and O–H groups in total. The third kappa shape index (κ3) is 4.00. The quantitative estimate of drug-likeness (QED) is 0.410. The van der Waals surface area contributed by atoms with Crippen LogP contribution in [0.25, 0.3) is 10.9 Å². The molecule has 0 amide bonds. The molecule has 5 nitrogen and oxygen atoms in total. The third-order valence-electron chi connectivity index (χ3n) is 5.16. The van der Waals surface area contributed by atoms with Gasteiger partial charge < -0.3 is 0 Å². The average Bonchev–Trinajstić information content (AvgIpc) is 3.15. The summed E-state index contributed by atoms with van der Waals surface area (Å²) in [6.45, 7) is 1.87. The van der Waals surface area contributed by atoms with Crippen molar-refractivity contribution < 1.29 is 13.2 Å². The second-order valence-electron chi connectivity index (χ2n) is 7.43. The maximum Gasteiger partial charge on any atom is 0.268 e. The van der Waals surface area contributed by atoms with Gasteiger partial charge in [-0.05, 0) is 54.8 Å². The molecule has 0 aliphatic rings. The van der Waals surface area contributed by atoms with E-state index in [-0.39, 0.29) is 10.6 Å². The van der Waals surface area contributed by atoms with Crippen LogP contribution < -0.4 is 0 Å². The van der Waals surface area contributed by atoms with Crippen LogP contribution in [0.1, 0.15) is 33.6 Å². The second-order valence-corrected chi connectivity index (χ2v) is 9.21. The highest BCUT2D eigenvalue weighted by atomic mass is 32.2. The zero-order chi connectivity index (χ0) is 22.0. The van der Waals surface area contributed by atoms with Crippen LogP contribution in [0.5, 0.6) is 0 Å². The maximum absolute atomic E-state index is 13.5. The van der Waals surface area contributed by atoms with Gasteiger partial charge in [0.2, 0.25) is 0 Å². The molecule has 4 aromatic rings. The number of rotatable bonds is 6. The summed E-state index contributed by atoms with van der Waals surface area (Å²) in [5.74, 6) is -0.529. The van der Waals surface area contributed by atoms with E-state index < -0.39 is 22.2 Å². The molecule has 0 fully saturated rings. The van der Waals surface area contributed by atoms with E-state index in [4.69, 9.17) is 5.26 Å². The summed E-state index contributed by atoms with van der Waals surface area (Å²) in [5, 5.41) is 9.64. The van der Waals surface area contributed by atoms with Gasteiger partial charge in [0.15, 0.2) is 5.78 Å². The first kappa shape index (κ1) is 20.6. The van der Waals surface area contributed by atoms with Crippen LogP contribution in [-0.2, 0) is 16.4 Å². The van der Waals surface area contributed by atoms with E-state index in [1.807, 2.05) is 55.5 Å². The predicted octanol–water partition coefficient (Wildman–Crippen LogP) is 4.87. The summed E-state index contributed by atoms with van der Waals surface area (Å²) >= 11 is 0. The average molecular weight is 429 g/mol. The molecule has 0 unspecified atom stereocenters. The molecule has 31 heavy (non-hydrogen) atoms. The first-order valence-corrected chi connectivity index (χ1v) is 11.2. The van der Waals surface area contributed by atoms with E-state index in [1.54, 1.807) is 24.3 Å². The number of nitriles is 1. The van der Waals surface area contributed by atoms with E-state index in [9.17, 15) is 13.2 Å². The first-order chi connectivity index (χ1) is 14.9. The van der Waals surface area contributed by atoms with Gasteiger partial charge in [0, 0.05) is 5.39 Å². The minimum atomic E-state index is -4.02. The normalized spacial score (nSPS) is 11.4. The lowest BCUT2D eigenvalue weighted by Crippen LogP contribution is -2.18. The Hall–Kier alpha value is -3.69. The molecule has 1 heterocycles. The molecular formula is C25H20N2O3S. The maximum atomic E-state index is 13.5. The zero-order valence-corrected chi connectivity index (χ0v) is 17.8. The fourth-order valence-corrected chi connectivity index (χ4v) is 5.14. The number of benzene rings is 3. The molecule has 6 heteroatoms. The smallest absolute Gasteiger partial charge is 0.268 e. The van der Waals surface area contributed by atoms with Gasteiger partial charge in [0.25, 0.3) is 10.0 Å². The molecule has 0 saturated heterocycles. The lowest BCUT2D eigenvalue weighted by molar-refractivity contribution is 0.0992. The van der Waals surface area contributed by atoms with Gasteiger partial charge >= 0.3 is 0 Å². The van der Waals surface area contributed by atoms with Crippen molar-refractivity contribution in [3.8, 4) is 6.07 Å².